The Morgan fingerprint density at radius 2 is 1.97 bits per heavy atom. The first-order chi connectivity index (χ1) is 15.2. The lowest BCUT2D eigenvalue weighted by Gasteiger charge is -2.24. The largest absolute Gasteiger partial charge is 0.288 e. The van der Waals surface area contributed by atoms with Gasteiger partial charge < -0.3 is 0 Å². The molecule has 5 rings (SSSR count). The number of carbonyl (C=O) groups excluding carboxylic acids is 1. The number of aromatic nitrogens is 3. The molecule has 1 atom stereocenters. The van der Waals surface area contributed by atoms with Crippen LogP contribution < -0.4 is 5.48 Å². The maximum atomic E-state index is 11.7. The average molecular weight is 410 g/mol. The number of nitrogens with zero attached hydrogens (tertiary/aromatic N) is 3. The number of rotatable bonds is 4. The number of aryl methyl sites for hydroxylation is 1. The third-order valence-electron chi connectivity index (χ3n) is 5.96. The summed E-state index contributed by atoms with van der Waals surface area (Å²) >= 11 is 0. The molecular formula is C25H22N4O2. The molecule has 154 valence electrons. The first-order valence-corrected chi connectivity index (χ1v) is 10.4. The van der Waals surface area contributed by atoms with Crippen molar-refractivity contribution in [3.05, 3.63) is 89.5 Å². The van der Waals surface area contributed by atoms with Gasteiger partial charge in [0.2, 0.25) is 0 Å². The summed E-state index contributed by atoms with van der Waals surface area (Å²) in [6.45, 7) is 0. The van der Waals surface area contributed by atoms with Crippen LogP contribution in [0, 0.1) is 5.92 Å². The minimum atomic E-state index is -0.482. The summed E-state index contributed by atoms with van der Waals surface area (Å²) in [5.74, 6) is 0.748. The number of hydrogen-bond acceptors (Lipinski definition) is 5. The van der Waals surface area contributed by atoms with Crippen LogP contribution in [-0.2, 0) is 19.3 Å². The van der Waals surface area contributed by atoms with Crippen molar-refractivity contribution in [2.24, 2.45) is 5.92 Å². The number of benzene rings is 2. The van der Waals surface area contributed by atoms with Crippen molar-refractivity contribution in [3.63, 3.8) is 0 Å². The Labute approximate surface area is 180 Å². The molecule has 0 bridgehead atoms. The summed E-state index contributed by atoms with van der Waals surface area (Å²) in [7, 11) is 0. The Balaban J connectivity index is 1.36. The normalized spacial score (nSPS) is 15.5. The predicted octanol–water partition coefficient (Wildman–Crippen LogP) is 4.16. The van der Waals surface area contributed by atoms with E-state index >= 15 is 0 Å². The third-order valence-corrected chi connectivity index (χ3v) is 5.96. The van der Waals surface area contributed by atoms with E-state index in [0.717, 1.165) is 59.2 Å². The van der Waals surface area contributed by atoms with Gasteiger partial charge in [0.25, 0.3) is 5.91 Å². The second kappa shape index (κ2) is 8.24. The van der Waals surface area contributed by atoms with Gasteiger partial charge in [0, 0.05) is 35.3 Å². The quantitative estimate of drug-likeness (QED) is 0.390. The highest BCUT2D eigenvalue weighted by atomic mass is 16.5. The number of hydroxylamine groups is 1. The van der Waals surface area contributed by atoms with Gasteiger partial charge in [0.1, 0.15) is 5.82 Å². The first-order valence-electron chi connectivity index (χ1n) is 10.4. The highest BCUT2D eigenvalue weighted by Gasteiger charge is 2.21. The van der Waals surface area contributed by atoms with Crippen LogP contribution >= 0.6 is 0 Å². The smallest absolute Gasteiger partial charge is 0.274 e. The Bertz CT molecular complexity index is 1270. The first kappa shape index (κ1) is 19.3. The summed E-state index contributed by atoms with van der Waals surface area (Å²) in [4.78, 5) is 25.6. The SMILES string of the molecule is O=C(NO)c1ccc2c(c1)CC(Cc1nccc(-c3cnc4ccccc4c3)n1)CC2. The molecule has 1 aliphatic rings. The van der Waals surface area contributed by atoms with Crippen LogP contribution in [0.15, 0.2) is 67.0 Å². The maximum absolute atomic E-state index is 11.7. The van der Waals surface area contributed by atoms with E-state index in [9.17, 15) is 4.79 Å². The molecule has 0 saturated carbocycles. The van der Waals surface area contributed by atoms with Gasteiger partial charge in [-0.05, 0) is 66.6 Å². The van der Waals surface area contributed by atoms with Crippen molar-refractivity contribution in [1.29, 1.82) is 0 Å². The Kier molecular flexibility index (Phi) is 5.14. The van der Waals surface area contributed by atoms with Crippen LogP contribution in [0.25, 0.3) is 22.2 Å². The summed E-state index contributed by atoms with van der Waals surface area (Å²) in [5.41, 5.74) is 7.44. The maximum Gasteiger partial charge on any atom is 0.274 e. The lowest BCUT2D eigenvalue weighted by Crippen LogP contribution is -2.21. The molecular weight excluding hydrogens is 388 g/mol. The van der Waals surface area contributed by atoms with Crippen molar-refractivity contribution in [2.75, 3.05) is 0 Å². The van der Waals surface area contributed by atoms with E-state index in [-0.39, 0.29) is 0 Å². The van der Waals surface area contributed by atoms with Crippen molar-refractivity contribution in [1.82, 2.24) is 20.4 Å². The molecule has 6 nitrogen and oxygen atoms in total. The van der Waals surface area contributed by atoms with Crippen LogP contribution in [0.3, 0.4) is 0 Å². The van der Waals surface area contributed by atoms with E-state index in [2.05, 4.69) is 22.1 Å². The number of pyridine rings is 1. The number of carbonyl (C=O) groups is 1. The Hall–Kier alpha value is -3.64. The molecule has 0 fully saturated rings. The van der Waals surface area contributed by atoms with E-state index in [1.807, 2.05) is 48.8 Å². The van der Waals surface area contributed by atoms with Crippen LogP contribution in [-0.4, -0.2) is 26.1 Å². The van der Waals surface area contributed by atoms with Gasteiger partial charge in [-0.25, -0.2) is 15.4 Å². The fraction of sp³-hybridized carbons (Fsp3) is 0.200. The van der Waals surface area contributed by atoms with Crippen molar-refractivity contribution < 1.29 is 10.0 Å². The molecule has 4 aromatic rings. The fourth-order valence-electron chi connectivity index (χ4n) is 4.34. The van der Waals surface area contributed by atoms with Crippen LogP contribution in [0.4, 0.5) is 0 Å². The van der Waals surface area contributed by atoms with Gasteiger partial charge in [0.05, 0.1) is 11.2 Å². The molecule has 0 aliphatic heterocycles. The van der Waals surface area contributed by atoms with E-state index in [0.29, 0.717) is 11.5 Å². The van der Waals surface area contributed by atoms with Crippen molar-refractivity contribution >= 4 is 16.8 Å². The Morgan fingerprint density at radius 3 is 2.87 bits per heavy atom. The molecule has 0 saturated heterocycles. The minimum Gasteiger partial charge on any atom is -0.288 e. The van der Waals surface area contributed by atoms with Crippen molar-refractivity contribution in [3.8, 4) is 11.3 Å². The molecule has 2 aromatic carbocycles. The second-order valence-electron chi connectivity index (χ2n) is 8.01. The zero-order valence-electron chi connectivity index (χ0n) is 17.0. The van der Waals surface area contributed by atoms with E-state index in [1.54, 1.807) is 11.5 Å². The zero-order valence-corrected chi connectivity index (χ0v) is 17.0. The van der Waals surface area contributed by atoms with Gasteiger partial charge in [-0.1, -0.05) is 24.3 Å². The zero-order chi connectivity index (χ0) is 21.2. The summed E-state index contributed by atoms with van der Waals surface area (Å²) in [6.07, 6.45) is 7.35. The number of nitrogens with one attached hydrogen (secondary N) is 1. The van der Waals surface area contributed by atoms with Crippen LogP contribution in [0.1, 0.15) is 33.7 Å². The monoisotopic (exact) mass is 410 g/mol. The van der Waals surface area contributed by atoms with Crippen LogP contribution in [0.2, 0.25) is 0 Å². The van der Waals surface area contributed by atoms with Gasteiger partial charge in [-0.2, -0.15) is 0 Å². The molecule has 0 radical (unpaired) electrons. The van der Waals surface area contributed by atoms with Gasteiger partial charge in [0.15, 0.2) is 0 Å². The number of hydrogen-bond donors (Lipinski definition) is 2. The van der Waals surface area contributed by atoms with Gasteiger partial charge in [-0.15, -0.1) is 0 Å². The number of fused-ring (bicyclic) bond motifs is 2. The summed E-state index contributed by atoms with van der Waals surface area (Å²) < 4.78 is 0. The molecule has 1 unspecified atom stereocenters. The topological polar surface area (TPSA) is 88.0 Å². The molecule has 2 heterocycles. The second-order valence-corrected chi connectivity index (χ2v) is 8.01. The molecule has 2 aromatic heterocycles. The molecule has 1 amide bonds. The standard InChI is InChI=1S/C25H22N4O2/c30-25(29-31)19-8-7-17-6-5-16(11-20(17)14-19)12-24-26-10-9-23(28-24)21-13-18-3-1-2-4-22(18)27-15-21/h1-4,7-10,13-16,31H,5-6,11-12H2,(H,29,30). The third kappa shape index (κ3) is 4.02. The van der Waals surface area contributed by atoms with E-state index in [1.165, 1.54) is 5.56 Å². The highest BCUT2D eigenvalue weighted by molar-refractivity contribution is 5.93. The van der Waals surface area contributed by atoms with Gasteiger partial charge in [-0.3, -0.25) is 15.0 Å². The predicted molar refractivity (Wildman–Crippen MR) is 118 cm³/mol. The summed E-state index contributed by atoms with van der Waals surface area (Å²) in [6, 6.07) is 17.7. The lowest BCUT2D eigenvalue weighted by molar-refractivity contribution is 0.0706. The van der Waals surface area contributed by atoms with Gasteiger partial charge >= 0.3 is 0 Å². The average Bonchev–Trinajstić information content (AvgIpc) is 2.83. The van der Waals surface area contributed by atoms with E-state index < -0.39 is 5.91 Å². The molecule has 0 spiro atoms. The van der Waals surface area contributed by atoms with Crippen molar-refractivity contribution in [2.45, 2.75) is 25.7 Å². The van der Waals surface area contributed by atoms with Crippen LogP contribution in [0.5, 0.6) is 0 Å². The van der Waals surface area contributed by atoms with E-state index in [4.69, 9.17) is 10.2 Å². The minimum absolute atomic E-state index is 0.407. The Morgan fingerprint density at radius 1 is 1.06 bits per heavy atom. The number of para-hydroxylation sites is 1. The molecule has 2 N–H and O–H groups in total. The molecule has 6 heteroatoms. The lowest BCUT2D eigenvalue weighted by atomic mass is 9.81. The fourth-order valence-corrected chi connectivity index (χ4v) is 4.34. The summed E-state index contributed by atoms with van der Waals surface area (Å²) in [5, 5.41) is 9.99. The molecule has 31 heavy (non-hydrogen) atoms. The highest BCUT2D eigenvalue weighted by Crippen LogP contribution is 2.29. The number of amides is 1. The molecule has 1 aliphatic carbocycles.